The van der Waals surface area contributed by atoms with Crippen LogP contribution in [0.4, 0.5) is 5.69 Å². The van der Waals surface area contributed by atoms with Crippen LogP contribution in [0.25, 0.3) is 0 Å². The number of carbonyl (C=O) groups is 1. The smallest absolute Gasteiger partial charge is 0.251 e. The van der Waals surface area contributed by atoms with Crippen molar-refractivity contribution in [2.75, 3.05) is 25.0 Å². The van der Waals surface area contributed by atoms with Crippen molar-refractivity contribution >= 4 is 17.6 Å². The third-order valence-electron chi connectivity index (χ3n) is 4.19. The fourth-order valence-electron chi connectivity index (χ4n) is 2.73. The Morgan fingerprint density at radius 2 is 1.73 bits per heavy atom. The largest absolute Gasteiger partial charge is 0.354 e. The first kappa shape index (κ1) is 18.0. The van der Waals surface area contributed by atoms with Crippen molar-refractivity contribution in [1.82, 2.24) is 10.6 Å². The third kappa shape index (κ3) is 5.09. The lowest BCUT2D eigenvalue weighted by molar-refractivity contribution is 0.0949. The molecule has 2 aromatic carbocycles. The Hall–Kier alpha value is -2.82. The molecule has 0 radical (unpaired) electrons. The molecule has 0 fully saturated rings. The highest BCUT2D eigenvalue weighted by Gasteiger charge is 2.07. The number of benzene rings is 2. The van der Waals surface area contributed by atoms with E-state index >= 15 is 0 Å². The van der Waals surface area contributed by atoms with E-state index in [-0.39, 0.29) is 5.91 Å². The molecule has 1 heterocycles. The maximum Gasteiger partial charge on any atom is 0.251 e. The van der Waals surface area contributed by atoms with E-state index < -0.39 is 0 Å². The summed E-state index contributed by atoms with van der Waals surface area (Å²) >= 11 is 0. The van der Waals surface area contributed by atoms with E-state index in [1.54, 1.807) is 0 Å². The molecular formula is C21H26N4O. The summed E-state index contributed by atoms with van der Waals surface area (Å²) in [7, 11) is 0. The molecular weight excluding hydrogens is 324 g/mol. The Kier molecular flexibility index (Phi) is 5.89. The van der Waals surface area contributed by atoms with Crippen molar-refractivity contribution in [2.45, 2.75) is 20.3 Å². The van der Waals surface area contributed by atoms with Gasteiger partial charge in [0.25, 0.3) is 5.91 Å². The highest BCUT2D eigenvalue weighted by Crippen LogP contribution is 2.15. The monoisotopic (exact) mass is 350 g/mol. The average Bonchev–Trinajstić information content (AvgIpc) is 3.15. The van der Waals surface area contributed by atoms with Gasteiger partial charge < -0.3 is 16.0 Å². The van der Waals surface area contributed by atoms with Gasteiger partial charge in [-0.1, -0.05) is 38.1 Å². The van der Waals surface area contributed by atoms with Crippen molar-refractivity contribution in [3.63, 3.8) is 0 Å². The van der Waals surface area contributed by atoms with Crippen LogP contribution in [0.3, 0.4) is 0 Å². The maximum absolute atomic E-state index is 12.1. The van der Waals surface area contributed by atoms with Crippen molar-refractivity contribution < 1.29 is 4.79 Å². The SMILES string of the molecule is CC(C)CNC(=O)c1ccc(Cc2ccc(NC3=NCCN3)cc2)cc1. The zero-order valence-electron chi connectivity index (χ0n) is 15.4. The predicted molar refractivity (Wildman–Crippen MR) is 107 cm³/mol. The van der Waals surface area contributed by atoms with Crippen molar-refractivity contribution in [1.29, 1.82) is 0 Å². The number of amides is 1. The summed E-state index contributed by atoms with van der Waals surface area (Å²) in [6.07, 6.45) is 0.841. The van der Waals surface area contributed by atoms with Gasteiger partial charge in [-0.2, -0.15) is 0 Å². The Balaban J connectivity index is 1.56. The summed E-state index contributed by atoms with van der Waals surface area (Å²) in [6.45, 7) is 6.59. The quantitative estimate of drug-likeness (QED) is 0.750. The maximum atomic E-state index is 12.1. The molecule has 3 N–H and O–H groups in total. The molecule has 1 aliphatic rings. The first-order chi connectivity index (χ1) is 12.6. The Labute approximate surface area is 154 Å². The zero-order valence-corrected chi connectivity index (χ0v) is 15.4. The molecule has 1 aliphatic heterocycles. The summed E-state index contributed by atoms with van der Waals surface area (Å²) in [5, 5.41) is 9.40. The van der Waals surface area contributed by atoms with E-state index in [4.69, 9.17) is 0 Å². The van der Waals surface area contributed by atoms with E-state index in [9.17, 15) is 4.79 Å². The van der Waals surface area contributed by atoms with E-state index in [2.05, 4.69) is 59.1 Å². The lowest BCUT2D eigenvalue weighted by Crippen LogP contribution is -2.27. The van der Waals surface area contributed by atoms with Gasteiger partial charge in [0, 0.05) is 24.3 Å². The van der Waals surface area contributed by atoms with Crippen LogP contribution in [-0.4, -0.2) is 31.5 Å². The van der Waals surface area contributed by atoms with Crippen LogP contribution in [0.2, 0.25) is 0 Å². The van der Waals surface area contributed by atoms with Crippen molar-refractivity contribution in [3.8, 4) is 0 Å². The highest BCUT2D eigenvalue weighted by atomic mass is 16.1. The molecule has 26 heavy (non-hydrogen) atoms. The molecule has 0 aliphatic carbocycles. The molecule has 0 bridgehead atoms. The number of aliphatic imine (C=N–C) groups is 1. The number of anilines is 1. The summed E-state index contributed by atoms with van der Waals surface area (Å²) in [5.74, 6) is 1.28. The van der Waals surface area contributed by atoms with Gasteiger partial charge in [-0.15, -0.1) is 0 Å². The second kappa shape index (κ2) is 8.52. The van der Waals surface area contributed by atoms with Crippen LogP contribution in [-0.2, 0) is 6.42 Å². The number of carbonyl (C=O) groups excluding carboxylic acids is 1. The molecule has 0 saturated carbocycles. The number of rotatable bonds is 6. The normalized spacial score (nSPS) is 13.3. The summed E-state index contributed by atoms with van der Waals surface area (Å²) in [4.78, 5) is 16.4. The van der Waals surface area contributed by atoms with Crippen LogP contribution < -0.4 is 16.0 Å². The summed E-state index contributed by atoms with van der Waals surface area (Å²) in [5.41, 5.74) is 4.15. The van der Waals surface area contributed by atoms with Gasteiger partial charge in [0.2, 0.25) is 0 Å². The van der Waals surface area contributed by atoms with E-state index in [0.29, 0.717) is 18.0 Å². The highest BCUT2D eigenvalue weighted by molar-refractivity contribution is 5.95. The van der Waals surface area contributed by atoms with Gasteiger partial charge in [-0.05, 0) is 47.7 Å². The van der Waals surface area contributed by atoms with Gasteiger partial charge in [0.1, 0.15) is 0 Å². The van der Waals surface area contributed by atoms with Gasteiger partial charge in [-0.25, -0.2) is 0 Å². The Morgan fingerprint density at radius 1 is 1.08 bits per heavy atom. The van der Waals surface area contributed by atoms with Gasteiger partial charge in [0.15, 0.2) is 5.96 Å². The molecule has 136 valence electrons. The molecule has 5 heteroatoms. The molecule has 0 aromatic heterocycles. The van der Waals surface area contributed by atoms with Crippen molar-refractivity contribution in [3.05, 3.63) is 65.2 Å². The fraction of sp³-hybridized carbons (Fsp3) is 0.333. The van der Waals surface area contributed by atoms with Crippen LogP contribution >= 0.6 is 0 Å². The molecule has 1 amide bonds. The minimum atomic E-state index is -0.0101. The minimum Gasteiger partial charge on any atom is -0.354 e. The second-order valence-corrected chi connectivity index (χ2v) is 6.96. The molecule has 2 aromatic rings. The molecule has 0 spiro atoms. The fourth-order valence-corrected chi connectivity index (χ4v) is 2.73. The van der Waals surface area contributed by atoms with E-state index in [0.717, 1.165) is 31.2 Å². The zero-order chi connectivity index (χ0) is 18.4. The summed E-state index contributed by atoms with van der Waals surface area (Å²) < 4.78 is 0. The standard InChI is InChI=1S/C21H26N4O/c1-15(2)14-24-20(26)18-7-3-16(4-8-18)13-17-5-9-19(10-6-17)25-21-22-11-12-23-21/h3-10,15H,11-14H2,1-2H3,(H,24,26)(H2,22,23,25). The van der Waals surface area contributed by atoms with E-state index in [1.807, 2.05) is 24.3 Å². The van der Waals surface area contributed by atoms with Crippen molar-refractivity contribution in [2.24, 2.45) is 10.9 Å². The lowest BCUT2D eigenvalue weighted by atomic mass is 10.0. The molecule has 0 unspecified atom stereocenters. The number of hydrogen-bond donors (Lipinski definition) is 3. The van der Waals surface area contributed by atoms with Crippen LogP contribution in [0.1, 0.15) is 35.3 Å². The topological polar surface area (TPSA) is 65.5 Å². The van der Waals surface area contributed by atoms with E-state index in [1.165, 1.54) is 11.1 Å². The predicted octanol–water partition coefficient (Wildman–Crippen LogP) is 3.03. The van der Waals surface area contributed by atoms with Crippen LogP contribution in [0.15, 0.2) is 53.5 Å². The summed E-state index contributed by atoms with van der Waals surface area (Å²) in [6, 6.07) is 16.2. The second-order valence-electron chi connectivity index (χ2n) is 6.96. The number of nitrogens with zero attached hydrogens (tertiary/aromatic N) is 1. The lowest BCUT2D eigenvalue weighted by Gasteiger charge is -2.09. The molecule has 5 nitrogen and oxygen atoms in total. The Bertz CT molecular complexity index is 764. The molecule has 3 rings (SSSR count). The number of nitrogens with one attached hydrogen (secondary N) is 3. The first-order valence-corrected chi connectivity index (χ1v) is 9.11. The van der Waals surface area contributed by atoms with Crippen LogP contribution in [0, 0.1) is 5.92 Å². The minimum absolute atomic E-state index is 0.0101. The average molecular weight is 350 g/mol. The number of guanidine groups is 1. The molecule has 0 saturated heterocycles. The van der Waals surface area contributed by atoms with Crippen LogP contribution in [0.5, 0.6) is 0 Å². The van der Waals surface area contributed by atoms with Gasteiger partial charge in [-0.3, -0.25) is 9.79 Å². The first-order valence-electron chi connectivity index (χ1n) is 9.11. The Morgan fingerprint density at radius 3 is 2.31 bits per heavy atom. The molecule has 0 atom stereocenters. The van der Waals surface area contributed by atoms with Gasteiger partial charge in [0.05, 0.1) is 6.54 Å². The van der Waals surface area contributed by atoms with Gasteiger partial charge >= 0.3 is 0 Å². The number of hydrogen-bond acceptors (Lipinski definition) is 4. The third-order valence-corrected chi connectivity index (χ3v) is 4.19.